The summed E-state index contributed by atoms with van der Waals surface area (Å²) in [7, 11) is 0. The van der Waals surface area contributed by atoms with Crippen molar-refractivity contribution in [1.29, 1.82) is 0 Å². The third-order valence-corrected chi connectivity index (χ3v) is 3.94. The van der Waals surface area contributed by atoms with Crippen LogP contribution in [0.4, 0.5) is 5.69 Å². The van der Waals surface area contributed by atoms with Gasteiger partial charge in [0.05, 0.1) is 0 Å². The number of rotatable bonds is 4. The fourth-order valence-corrected chi connectivity index (χ4v) is 2.96. The number of benzene rings is 1. The molecule has 0 amide bonds. The fraction of sp³-hybridized carbons (Fsp3) is 0.625. The van der Waals surface area contributed by atoms with Crippen LogP contribution in [0.5, 0.6) is 0 Å². The van der Waals surface area contributed by atoms with Crippen LogP contribution < -0.4 is 10.2 Å². The number of nitrogens with one attached hydrogen (secondary N) is 1. The Morgan fingerprint density at radius 3 is 2.89 bits per heavy atom. The second kappa shape index (κ2) is 6.40. The highest BCUT2D eigenvalue weighted by molar-refractivity contribution is 5.61. The molecule has 1 heterocycles. The van der Waals surface area contributed by atoms with Crippen molar-refractivity contribution in [2.75, 3.05) is 31.1 Å². The minimum atomic E-state index is 0.260. The van der Waals surface area contributed by atoms with Gasteiger partial charge in [-0.3, -0.25) is 0 Å². The minimum Gasteiger partial charge on any atom is -0.396 e. The van der Waals surface area contributed by atoms with Crippen LogP contribution in [-0.2, 0) is 0 Å². The van der Waals surface area contributed by atoms with Gasteiger partial charge in [-0.1, -0.05) is 32.0 Å². The van der Waals surface area contributed by atoms with E-state index in [4.69, 9.17) is 5.11 Å². The first-order valence-electron chi connectivity index (χ1n) is 7.32. The van der Waals surface area contributed by atoms with Crippen molar-refractivity contribution in [3.63, 3.8) is 0 Å². The molecule has 2 rings (SSSR count). The van der Waals surface area contributed by atoms with Gasteiger partial charge in [0.25, 0.3) is 0 Å². The topological polar surface area (TPSA) is 35.5 Å². The van der Waals surface area contributed by atoms with Crippen LogP contribution >= 0.6 is 0 Å². The maximum absolute atomic E-state index is 9.11. The van der Waals surface area contributed by atoms with Gasteiger partial charge in [-0.15, -0.1) is 0 Å². The van der Waals surface area contributed by atoms with Crippen molar-refractivity contribution in [3.05, 3.63) is 29.3 Å². The molecule has 1 atom stereocenters. The van der Waals surface area contributed by atoms with Crippen LogP contribution in [0.2, 0.25) is 0 Å². The van der Waals surface area contributed by atoms with Crippen LogP contribution in [0.25, 0.3) is 0 Å². The van der Waals surface area contributed by atoms with Crippen LogP contribution in [0, 0.1) is 6.92 Å². The molecular formula is C16H26N2O. The van der Waals surface area contributed by atoms with Gasteiger partial charge in [0.15, 0.2) is 0 Å². The van der Waals surface area contributed by atoms with E-state index < -0.39 is 0 Å². The van der Waals surface area contributed by atoms with Crippen LogP contribution in [0.15, 0.2) is 18.2 Å². The van der Waals surface area contributed by atoms with Crippen LogP contribution in [0.1, 0.15) is 37.3 Å². The smallest absolute Gasteiger partial charge is 0.0446 e. The highest BCUT2D eigenvalue weighted by Crippen LogP contribution is 2.31. The molecule has 0 radical (unpaired) electrons. The summed E-state index contributed by atoms with van der Waals surface area (Å²) in [5.41, 5.74) is 4.20. The zero-order valence-electron chi connectivity index (χ0n) is 12.3. The first-order chi connectivity index (χ1) is 9.13. The number of para-hydroxylation sites is 1. The van der Waals surface area contributed by atoms with Crippen molar-refractivity contribution in [2.45, 2.75) is 39.2 Å². The molecule has 1 unspecified atom stereocenters. The Hall–Kier alpha value is -1.06. The Bertz CT molecular complexity index is 415. The summed E-state index contributed by atoms with van der Waals surface area (Å²) >= 11 is 0. The molecule has 3 heteroatoms. The molecule has 1 aromatic carbocycles. The molecule has 19 heavy (non-hydrogen) atoms. The van der Waals surface area contributed by atoms with E-state index in [9.17, 15) is 0 Å². The van der Waals surface area contributed by atoms with Crippen molar-refractivity contribution in [3.8, 4) is 0 Å². The molecule has 2 N–H and O–H groups in total. The molecule has 0 bridgehead atoms. The van der Waals surface area contributed by atoms with E-state index in [2.05, 4.69) is 49.2 Å². The standard InChI is InChI=1S/C16H26N2O/c1-12(2)15-6-4-5-13(3)16(15)18-9-8-17-14(11-18)7-10-19/h4-6,12,14,17,19H,7-11H2,1-3H3. The first-order valence-corrected chi connectivity index (χ1v) is 7.32. The highest BCUT2D eigenvalue weighted by Gasteiger charge is 2.22. The lowest BCUT2D eigenvalue weighted by atomic mass is 9.96. The quantitative estimate of drug-likeness (QED) is 0.874. The summed E-state index contributed by atoms with van der Waals surface area (Å²) in [4.78, 5) is 2.49. The molecule has 1 saturated heterocycles. The van der Waals surface area contributed by atoms with Gasteiger partial charge in [0.2, 0.25) is 0 Å². The van der Waals surface area contributed by atoms with Crippen LogP contribution in [-0.4, -0.2) is 37.4 Å². The maximum Gasteiger partial charge on any atom is 0.0446 e. The summed E-state index contributed by atoms with van der Waals surface area (Å²) in [5.74, 6) is 0.543. The number of hydrogen-bond acceptors (Lipinski definition) is 3. The maximum atomic E-state index is 9.11. The Kier molecular flexibility index (Phi) is 4.83. The Balaban J connectivity index is 2.25. The average Bonchev–Trinajstić information content (AvgIpc) is 2.39. The predicted molar refractivity (Wildman–Crippen MR) is 81.0 cm³/mol. The normalized spacial score (nSPS) is 20.1. The van der Waals surface area contributed by atoms with E-state index in [1.54, 1.807) is 0 Å². The lowest BCUT2D eigenvalue weighted by Crippen LogP contribution is -2.51. The Morgan fingerprint density at radius 2 is 2.21 bits per heavy atom. The van der Waals surface area contributed by atoms with Gasteiger partial charge in [0.1, 0.15) is 0 Å². The second-order valence-corrected chi connectivity index (χ2v) is 5.78. The summed E-state index contributed by atoms with van der Waals surface area (Å²) < 4.78 is 0. The van der Waals surface area contributed by atoms with Crippen molar-refractivity contribution < 1.29 is 5.11 Å². The van der Waals surface area contributed by atoms with Gasteiger partial charge < -0.3 is 15.3 Å². The number of hydrogen-bond donors (Lipinski definition) is 2. The predicted octanol–water partition coefficient (Wildman–Crippen LogP) is 2.28. The van der Waals surface area contributed by atoms with E-state index in [0.717, 1.165) is 26.1 Å². The van der Waals surface area contributed by atoms with E-state index >= 15 is 0 Å². The molecule has 0 spiro atoms. The number of nitrogens with zero attached hydrogens (tertiary/aromatic N) is 1. The van der Waals surface area contributed by atoms with E-state index in [0.29, 0.717) is 12.0 Å². The van der Waals surface area contributed by atoms with E-state index in [1.807, 2.05) is 0 Å². The molecule has 1 aliphatic heterocycles. The van der Waals surface area contributed by atoms with Crippen LogP contribution in [0.3, 0.4) is 0 Å². The highest BCUT2D eigenvalue weighted by atomic mass is 16.3. The fourth-order valence-electron chi connectivity index (χ4n) is 2.96. The third-order valence-electron chi connectivity index (χ3n) is 3.94. The molecular weight excluding hydrogens is 236 g/mol. The minimum absolute atomic E-state index is 0.260. The van der Waals surface area contributed by atoms with Gasteiger partial charge in [-0.2, -0.15) is 0 Å². The zero-order chi connectivity index (χ0) is 13.8. The Labute approximate surface area is 116 Å². The number of piperazine rings is 1. The molecule has 3 nitrogen and oxygen atoms in total. The molecule has 1 fully saturated rings. The molecule has 0 aromatic heterocycles. The summed E-state index contributed by atoms with van der Waals surface area (Å²) in [6.45, 7) is 10.0. The number of anilines is 1. The summed E-state index contributed by atoms with van der Waals surface area (Å²) in [5, 5.41) is 12.6. The van der Waals surface area contributed by atoms with Crippen molar-refractivity contribution >= 4 is 5.69 Å². The number of aryl methyl sites for hydroxylation is 1. The lowest BCUT2D eigenvalue weighted by molar-refractivity contribution is 0.260. The van der Waals surface area contributed by atoms with E-state index in [-0.39, 0.29) is 6.61 Å². The van der Waals surface area contributed by atoms with Crippen molar-refractivity contribution in [2.24, 2.45) is 0 Å². The van der Waals surface area contributed by atoms with Gasteiger partial charge >= 0.3 is 0 Å². The number of aliphatic hydroxyl groups is 1. The van der Waals surface area contributed by atoms with Gasteiger partial charge in [-0.25, -0.2) is 0 Å². The average molecular weight is 262 g/mol. The van der Waals surface area contributed by atoms with Crippen molar-refractivity contribution in [1.82, 2.24) is 5.32 Å². The molecule has 0 saturated carbocycles. The zero-order valence-corrected chi connectivity index (χ0v) is 12.3. The monoisotopic (exact) mass is 262 g/mol. The Morgan fingerprint density at radius 1 is 1.42 bits per heavy atom. The van der Waals surface area contributed by atoms with Gasteiger partial charge in [-0.05, 0) is 30.4 Å². The molecule has 1 aliphatic rings. The summed E-state index contributed by atoms with van der Waals surface area (Å²) in [6.07, 6.45) is 0.833. The second-order valence-electron chi connectivity index (χ2n) is 5.78. The molecule has 106 valence electrons. The third kappa shape index (κ3) is 3.28. The van der Waals surface area contributed by atoms with E-state index in [1.165, 1.54) is 16.8 Å². The summed E-state index contributed by atoms with van der Waals surface area (Å²) in [6, 6.07) is 7.00. The SMILES string of the molecule is Cc1cccc(C(C)C)c1N1CCNC(CCO)C1. The molecule has 1 aromatic rings. The number of aliphatic hydroxyl groups excluding tert-OH is 1. The van der Waals surface area contributed by atoms with Gasteiger partial charge in [0, 0.05) is 38.0 Å². The molecule has 0 aliphatic carbocycles. The lowest BCUT2D eigenvalue weighted by Gasteiger charge is -2.37. The largest absolute Gasteiger partial charge is 0.396 e. The first kappa shape index (κ1) is 14.4.